The Morgan fingerprint density at radius 1 is 0.955 bits per heavy atom. The van der Waals surface area contributed by atoms with Gasteiger partial charge in [0.2, 0.25) is 0 Å². The van der Waals surface area contributed by atoms with Crippen LogP contribution in [0, 0.1) is 6.92 Å². The number of benzene rings is 2. The maximum Gasteiger partial charge on any atom is 0.301 e. The van der Waals surface area contributed by atoms with Crippen LogP contribution in [0.1, 0.15) is 5.56 Å². The zero-order valence-electron chi connectivity index (χ0n) is 12.6. The first kappa shape index (κ1) is 16.8. The van der Waals surface area contributed by atoms with E-state index in [1.165, 1.54) is 14.1 Å². The van der Waals surface area contributed by atoms with Gasteiger partial charge >= 0.3 is 10.2 Å². The molecule has 118 valence electrons. The molecule has 0 spiro atoms. The zero-order chi connectivity index (χ0) is 16.3. The van der Waals surface area contributed by atoms with Crippen LogP contribution in [0.25, 0.3) is 0 Å². The Hall–Kier alpha value is -1.57. The number of halogens is 1. The van der Waals surface area contributed by atoms with Gasteiger partial charge in [-0.2, -0.15) is 12.7 Å². The summed E-state index contributed by atoms with van der Waals surface area (Å²) in [4.78, 5) is 0. The molecule has 0 radical (unpaired) electrons. The fourth-order valence-electron chi connectivity index (χ4n) is 1.75. The van der Waals surface area contributed by atoms with E-state index in [1.807, 2.05) is 37.3 Å². The maximum atomic E-state index is 11.7. The van der Waals surface area contributed by atoms with Crippen LogP contribution in [0.4, 0.5) is 17.1 Å². The van der Waals surface area contributed by atoms with Gasteiger partial charge in [-0.15, -0.1) is 0 Å². The van der Waals surface area contributed by atoms with Crippen LogP contribution in [0.3, 0.4) is 0 Å². The van der Waals surface area contributed by atoms with Crippen molar-refractivity contribution in [2.24, 2.45) is 0 Å². The van der Waals surface area contributed by atoms with Gasteiger partial charge in [-0.3, -0.25) is 4.72 Å². The van der Waals surface area contributed by atoms with Gasteiger partial charge < -0.3 is 5.32 Å². The topological polar surface area (TPSA) is 61.4 Å². The van der Waals surface area contributed by atoms with Gasteiger partial charge in [-0.25, -0.2) is 0 Å². The van der Waals surface area contributed by atoms with Crippen molar-refractivity contribution in [1.29, 1.82) is 0 Å². The number of hydrogen-bond acceptors (Lipinski definition) is 3. The molecule has 0 unspecified atom stereocenters. The smallest absolute Gasteiger partial charge is 0.301 e. The van der Waals surface area contributed by atoms with Gasteiger partial charge in [0.15, 0.2) is 0 Å². The average molecular weight is 384 g/mol. The third-order valence-corrected chi connectivity index (χ3v) is 5.40. The van der Waals surface area contributed by atoms with Crippen LogP contribution in [-0.2, 0) is 10.2 Å². The van der Waals surface area contributed by atoms with E-state index in [0.29, 0.717) is 5.69 Å². The summed E-state index contributed by atoms with van der Waals surface area (Å²) >= 11 is 3.47. The SMILES string of the molecule is Cc1cc(Nc2ccc(NS(=O)(=O)N(C)C)cc2)ccc1Br. The van der Waals surface area contributed by atoms with Gasteiger partial charge in [0.25, 0.3) is 0 Å². The Balaban J connectivity index is 2.10. The third-order valence-electron chi connectivity index (χ3n) is 3.06. The van der Waals surface area contributed by atoms with Crippen LogP contribution in [-0.4, -0.2) is 26.8 Å². The molecule has 2 aromatic rings. The first-order chi connectivity index (χ1) is 10.3. The summed E-state index contributed by atoms with van der Waals surface area (Å²) in [5, 5.41) is 3.28. The Morgan fingerprint density at radius 2 is 1.50 bits per heavy atom. The molecule has 0 aromatic heterocycles. The number of rotatable bonds is 5. The largest absolute Gasteiger partial charge is 0.356 e. The van der Waals surface area contributed by atoms with E-state index in [4.69, 9.17) is 0 Å². The predicted molar refractivity (Wildman–Crippen MR) is 94.8 cm³/mol. The molecule has 2 rings (SSSR count). The van der Waals surface area contributed by atoms with Crippen LogP contribution in [0.15, 0.2) is 46.9 Å². The zero-order valence-corrected chi connectivity index (χ0v) is 15.0. The molecule has 0 aliphatic carbocycles. The molecule has 0 saturated carbocycles. The molecule has 0 heterocycles. The molecule has 7 heteroatoms. The fourth-order valence-corrected chi connectivity index (χ4v) is 2.61. The summed E-state index contributed by atoms with van der Waals surface area (Å²) in [6.45, 7) is 2.02. The van der Waals surface area contributed by atoms with Crippen molar-refractivity contribution in [1.82, 2.24) is 4.31 Å². The normalized spacial score (nSPS) is 11.5. The van der Waals surface area contributed by atoms with Crippen LogP contribution in [0.2, 0.25) is 0 Å². The molecule has 0 aliphatic heterocycles. The quantitative estimate of drug-likeness (QED) is 0.826. The standard InChI is InChI=1S/C15H18BrN3O2S/c1-11-10-14(8-9-15(11)16)17-12-4-6-13(7-5-12)18-22(20,21)19(2)3/h4-10,17-18H,1-3H3. The molecule has 0 saturated heterocycles. The second-order valence-electron chi connectivity index (χ2n) is 5.06. The van der Waals surface area contributed by atoms with Crippen molar-refractivity contribution in [2.75, 3.05) is 24.1 Å². The Bertz CT molecular complexity index is 759. The van der Waals surface area contributed by atoms with Crippen molar-refractivity contribution in [2.45, 2.75) is 6.92 Å². The predicted octanol–water partition coefficient (Wildman–Crippen LogP) is 3.72. The molecule has 0 amide bonds. The van der Waals surface area contributed by atoms with E-state index in [2.05, 4.69) is 26.0 Å². The Morgan fingerprint density at radius 3 is 2.05 bits per heavy atom. The van der Waals surface area contributed by atoms with E-state index in [-0.39, 0.29) is 0 Å². The molecule has 0 aliphatic rings. The van der Waals surface area contributed by atoms with Gasteiger partial charge in [0, 0.05) is 35.6 Å². The molecular formula is C15H18BrN3O2S. The monoisotopic (exact) mass is 383 g/mol. The fraction of sp³-hybridized carbons (Fsp3) is 0.200. The lowest BCUT2D eigenvalue weighted by Crippen LogP contribution is -2.28. The van der Waals surface area contributed by atoms with E-state index in [1.54, 1.807) is 12.1 Å². The lowest BCUT2D eigenvalue weighted by Gasteiger charge is -2.14. The minimum Gasteiger partial charge on any atom is -0.356 e. The van der Waals surface area contributed by atoms with Gasteiger partial charge in [0.05, 0.1) is 0 Å². The number of aryl methyl sites for hydroxylation is 1. The summed E-state index contributed by atoms with van der Waals surface area (Å²) < 4.78 is 28.2. The number of hydrogen-bond donors (Lipinski definition) is 2. The van der Waals surface area contributed by atoms with Gasteiger partial charge in [-0.05, 0) is 55.0 Å². The number of nitrogens with zero attached hydrogens (tertiary/aromatic N) is 1. The van der Waals surface area contributed by atoms with E-state index in [9.17, 15) is 8.42 Å². The minimum absolute atomic E-state index is 0.520. The average Bonchev–Trinajstić information content (AvgIpc) is 2.44. The lowest BCUT2D eigenvalue weighted by molar-refractivity contribution is 0.527. The number of anilines is 3. The summed E-state index contributed by atoms with van der Waals surface area (Å²) in [6.07, 6.45) is 0. The van der Waals surface area contributed by atoms with Crippen molar-refractivity contribution >= 4 is 43.2 Å². The molecule has 22 heavy (non-hydrogen) atoms. The Labute approximate surface area is 139 Å². The molecule has 2 aromatic carbocycles. The molecule has 2 N–H and O–H groups in total. The maximum absolute atomic E-state index is 11.7. The van der Waals surface area contributed by atoms with E-state index < -0.39 is 10.2 Å². The Kier molecular flexibility index (Phi) is 5.10. The van der Waals surface area contributed by atoms with Gasteiger partial charge in [-0.1, -0.05) is 15.9 Å². The van der Waals surface area contributed by atoms with E-state index >= 15 is 0 Å². The summed E-state index contributed by atoms with van der Waals surface area (Å²) in [7, 11) is -0.515. The highest BCUT2D eigenvalue weighted by atomic mass is 79.9. The second-order valence-corrected chi connectivity index (χ2v) is 7.79. The molecule has 5 nitrogen and oxygen atoms in total. The first-order valence-electron chi connectivity index (χ1n) is 6.61. The van der Waals surface area contributed by atoms with Crippen LogP contribution < -0.4 is 10.0 Å². The first-order valence-corrected chi connectivity index (χ1v) is 8.85. The van der Waals surface area contributed by atoms with Crippen molar-refractivity contribution < 1.29 is 8.42 Å². The molecule has 0 fully saturated rings. The lowest BCUT2D eigenvalue weighted by atomic mass is 10.2. The second kappa shape index (κ2) is 6.68. The van der Waals surface area contributed by atoms with Crippen LogP contribution >= 0.6 is 15.9 Å². The summed E-state index contributed by atoms with van der Waals surface area (Å²) in [5.41, 5.74) is 3.52. The van der Waals surface area contributed by atoms with Crippen molar-refractivity contribution in [3.05, 3.63) is 52.5 Å². The van der Waals surface area contributed by atoms with E-state index in [0.717, 1.165) is 25.7 Å². The van der Waals surface area contributed by atoms with Gasteiger partial charge in [0.1, 0.15) is 0 Å². The number of nitrogens with one attached hydrogen (secondary N) is 2. The van der Waals surface area contributed by atoms with Crippen molar-refractivity contribution in [3.63, 3.8) is 0 Å². The molecule has 0 bridgehead atoms. The van der Waals surface area contributed by atoms with Crippen molar-refractivity contribution in [3.8, 4) is 0 Å². The molecule has 0 atom stereocenters. The summed E-state index contributed by atoms with van der Waals surface area (Å²) in [6, 6.07) is 13.1. The molecular weight excluding hydrogens is 366 g/mol. The highest BCUT2D eigenvalue weighted by Gasteiger charge is 2.12. The summed E-state index contributed by atoms with van der Waals surface area (Å²) in [5.74, 6) is 0. The third kappa shape index (κ3) is 4.22. The highest BCUT2D eigenvalue weighted by molar-refractivity contribution is 9.10. The van der Waals surface area contributed by atoms with Crippen LogP contribution in [0.5, 0.6) is 0 Å². The minimum atomic E-state index is -3.48. The highest BCUT2D eigenvalue weighted by Crippen LogP contribution is 2.24.